The van der Waals surface area contributed by atoms with E-state index in [1.165, 1.54) is 0 Å². The van der Waals surface area contributed by atoms with Gasteiger partial charge < -0.3 is 0 Å². The van der Waals surface area contributed by atoms with E-state index in [0.29, 0.717) is 5.15 Å². The Morgan fingerprint density at radius 1 is 1.06 bits per heavy atom. The molecule has 0 bridgehead atoms. The van der Waals surface area contributed by atoms with E-state index in [9.17, 15) is 0 Å². The van der Waals surface area contributed by atoms with Crippen LogP contribution in [-0.4, -0.2) is 9.97 Å². The van der Waals surface area contributed by atoms with Gasteiger partial charge in [0, 0.05) is 21.9 Å². The lowest BCUT2D eigenvalue weighted by atomic mass is 10.2. The Morgan fingerprint density at radius 2 is 1.72 bits per heavy atom. The van der Waals surface area contributed by atoms with E-state index >= 15 is 0 Å². The van der Waals surface area contributed by atoms with Crippen molar-refractivity contribution in [1.29, 1.82) is 0 Å². The van der Waals surface area contributed by atoms with E-state index < -0.39 is 0 Å². The molecule has 2 nitrogen and oxygen atoms in total. The van der Waals surface area contributed by atoms with Crippen molar-refractivity contribution < 1.29 is 0 Å². The largest absolute Gasteiger partial charge is 0.226 e. The average molecular weight is 299 g/mol. The minimum absolute atomic E-state index is 0.258. The van der Waals surface area contributed by atoms with Crippen molar-refractivity contribution >= 4 is 35.0 Å². The van der Waals surface area contributed by atoms with Crippen molar-refractivity contribution in [2.45, 2.75) is 29.7 Å². The third kappa shape index (κ3) is 3.61. The van der Waals surface area contributed by atoms with Gasteiger partial charge in [0.2, 0.25) is 0 Å². The Labute approximate surface area is 121 Å². The van der Waals surface area contributed by atoms with E-state index in [-0.39, 0.29) is 5.92 Å². The van der Waals surface area contributed by atoms with Crippen molar-refractivity contribution in [3.8, 4) is 0 Å². The molecule has 0 unspecified atom stereocenters. The second-order valence-electron chi connectivity index (χ2n) is 4.10. The number of halogens is 2. The molecule has 0 amide bonds. The van der Waals surface area contributed by atoms with Crippen LogP contribution in [0.25, 0.3) is 0 Å². The third-order valence-electron chi connectivity index (χ3n) is 2.24. The lowest BCUT2D eigenvalue weighted by Gasteiger charge is -2.07. The Morgan fingerprint density at radius 3 is 2.33 bits per heavy atom. The van der Waals surface area contributed by atoms with Crippen molar-refractivity contribution in [3.63, 3.8) is 0 Å². The van der Waals surface area contributed by atoms with Crippen LogP contribution in [0.4, 0.5) is 0 Å². The fraction of sp³-hybridized carbons (Fsp3) is 0.231. The molecule has 0 aliphatic carbocycles. The smallest absolute Gasteiger partial charge is 0.133 e. The quantitative estimate of drug-likeness (QED) is 0.741. The second-order valence-corrected chi connectivity index (χ2v) is 6.02. The molecule has 94 valence electrons. The summed E-state index contributed by atoms with van der Waals surface area (Å²) < 4.78 is 0. The van der Waals surface area contributed by atoms with Crippen molar-refractivity contribution in [2.75, 3.05) is 0 Å². The molecule has 1 aromatic heterocycles. The van der Waals surface area contributed by atoms with Crippen LogP contribution >= 0.6 is 35.0 Å². The molecule has 0 fully saturated rings. The molecule has 1 heterocycles. The minimum Gasteiger partial charge on any atom is -0.226 e. The predicted molar refractivity (Wildman–Crippen MR) is 76.7 cm³/mol. The number of aromatic nitrogens is 2. The van der Waals surface area contributed by atoms with E-state index in [1.807, 2.05) is 38.1 Å². The molecule has 0 atom stereocenters. The number of hydrogen-bond donors (Lipinski definition) is 0. The summed E-state index contributed by atoms with van der Waals surface area (Å²) in [5.74, 6) is 1.02. The van der Waals surface area contributed by atoms with Crippen LogP contribution in [0.1, 0.15) is 25.6 Å². The number of rotatable bonds is 3. The molecule has 0 saturated carbocycles. The highest BCUT2D eigenvalue weighted by Crippen LogP contribution is 2.29. The predicted octanol–water partition coefficient (Wildman–Crippen LogP) is 5.06. The Hall–Kier alpha value is -0.770. The first-order valence-electron chi connectivity index (χ1n) is 5.52. The van der Waals surface area contributed by atoms with Crippen molar-refractivity contribution in [1.82, 2.24) is 9.97 Å². The number of nitrogens with zero attached hydrogens (tertiary/aromatic N) is 2. The van der Waals surface area contributed by atoms with Gasteiger partial charge in [-0.05, 0) is 24.3 Å². The average Bonchev–Trinajstić information content (AvgIpc) is 2.31. The SMILES string of the molecule is CC(C)c1nc(Cl)cc(Sc2ccc(Cl)cc2)n1. The molecule has 0 N–H and O–H groups in total. The summed E-state index contributed by atoms with van der Waals surface area (Å²) in [5, 5.41) is 2.05. The fourth-order valence-electron chi connectivity index (χ4n) is 1.35. The van der Waals surface area contributed by atoms with Gasteiger partial charge in [0.05, 0.1) is 0 Å². The zero-order valence-electron chi connectivity index (χ0n) is 10.0. The zero-order chi connectivity index (χ0) is 13.1. The van der Waals surface area contributed by atoms with Gasteiger partial charge in [0.15, 0.2) is 0 Å². The van der Waals surface area contributed by atoms with Gasteiger partial charge >= 0.3 is 0 Å². The van der Waals surface area contributed by atoms with Crippen LogP contribution in [0.5, 0.6) is 0 Å². The standard InChI is InChI=1S/C13H12Cl2N2S/c1-8(2)13-16-11(15)7-12(17-13)18-10-5-3-9(14)4-6-10/h3-8H,1-2H3. The summed E-state index contributed by atoms with van der Waals surface area (Å²) >= 11 is 13.4. The molecule has 0 radical (unpaired) electrons. The summed E-state index contributed by atoms with van der Waals surface area (Å²) in [5.41, 5.74) is 0. The first-order valence-corrected chi connectivity index (χ1v) is 7.10. The van der Waals surface area contributed by atoms with Gasteiger partial charge in [-0.3, -0.25) is 0 Å². The van der Waals surface area contributed by atoms with Gasteiger partial charge in [-0.2, -0.15) is 0 Å². The van der Waals surface area contributed by atoms with E-state index in [4.69, 9.17) is 23.2 Å². The Kier molecular flexibility index (Phi) is 4.49. The normalized spacial score (nSPS) is 10.9. The molecule has 0 spiro atoms. The van der Waals surface area contributed by atoms with Crippen LogP contribution in [-0.2, 0) is 0 Å². The molecule has 2 rings (SSSR count). The van der Waals surface area contributed by atoms with Gasteiger partial charge in [-0.15, -0.1) is 0 Å². The van der Waals surface area contributed by atoms with Crippen LogP contribution in [0, 0.1) is 0 Å². The molecule has 0 aliphatic heterocycles. The van der Waals surface area contributed by atoms with Crippen molar-refractivity contribution in [3.05, 3.63) is 46.3 Å². The minimum atomic E-state index is 0.258. The van der Waals surface area contributed by atoms with Gasteiger partial charge in [0.25, 0.3) is 0 Å². The monoisotopic (exact) mass is 298 g/mol. The lowest BCUT2D eigenvalue weighted by Crippen LogP contribution is -1.98. The molecule has 18 heavy (non-hydrogen) atoms. The molecular formula is C13H12Cl2N2S. The van der Waals surface area contributed by atoms with Gasteiger partial charge in [0.1, 0.15) is 16.0 Å². The van der Waals surface area contributed by atoms with Crippen LogP contribution < -0.4 is 0 Å². The summed E-state index contributed by atoms with van der Waals surface area (Å²) in [6.45, 7) is 4.09. The first kappa shape index (κ1) is 13.7. The van der Waals surface area contributed by atoms with E-state index in [2.05, 4.69) is 9.97 Å². The number of benzene rings is 1. The number of hydrogen-bond acceptors (Lipinski definition) is 3. The maximum Gasteiger partial charge on any atom is 0.133 e. The molecule has 2 aromatic rings. The Balaban J connectivity index is 2.26. The van der Waals surface area contributed by atoms with Gasteiger partial charge in [-0.1, -0.05) is 48.8 Å². The zero-order valence-corrected chi connectivity index (χ0v) is 12.4. The van der Waals surface area contributed by atoms with Crippen LogP contribution in [0.2, 0.25) is 10.2 Å². The lowest BCUT2D eigenvalue weighted by molar-refractivity contribution is 0.753. The highest BCUT2D eigenvalue weighted by atomic mass is 35.5. The third-order valence-corrected chi connectivity index (χ3v) is 3.61. The molecule has 5 heteroatoms. The fourth-order valence-corrected chi connectivity index (χ4v) is 2.55. The summed E-state index contributed by atoms with van der Waals surface area (Å²) in [6, 6.07) is 9.40. The maximum absolute atomic E-state index is 6.00. The summed E-state index contributed by atoms with van der Waals surface area (Å²) in [4.78, 5) is 9.77. The summed E-state index contributed by atoms with van der Waals surface area (Å²) in [7, 11) is 0. The maximum atomic E-state index is 6.00. The van der Waals surface area contributed by atoms with Gasteiger partial charge in [-0.25, -0.2) is 9.97 Å². The Bertz CT molecular complexity index is 541. The molecular weight excluding hydrogens is 287 g/mol. The van der Waals surface area contributed by atoms with E-state index in [0.717, 1.165) is 20.8 Å². The highest BCUT2D eigenvalue weighted by Gasteiger charge is 2.08. The van der Waals surface area contributed by atoms with Crippen LogP contribution in [0.15, 0.2) is 40.3 Å². The first-order chi connectivity index (χ1) is 8.54. The highest BCUT2D eigenvalue weighted by molar-refractivity contribution is 7.99. The molecule has 1 aromatic carbocycles. The molecule has 0 saturated heterocycles. The topological polar surface area (TPSA) is 25.8 Å². The molecule has 0 aliphatic rings. The van der Waals surface area contributed by atoms with Crippen LogP contribution in [0.3, 0.4) is 0 Å². The van der Waals surface area contributed by atoms with Crippen molar-refractivity contribution in [2.24, 2.45) is 0 Å². The van der Waals surface area contributed by atoms with E-state index in [1.54, 1.807) is 17.8 Å². The summed E-state index contributed by atoms with van der Waals surface area (Å²) in [6.07, 6.45) is 0. The second kappa shape index (κ2) is 5.91.